The van der Waals surface area contributed by atoms with Crippen LogP contribution in [-0.4, -0.2) is 34.2 Å². The number of alkyl halides is 1. The summed E-state index contributed by atoms with van der Waals surface area (Å²) in [4.78, 5) is 24.1. The minimum Gasteiger partial charge on any atom is -0.457 e. The number of aliphatic hydroxyl groups excluding tert-OH is 1. The fraction of sp³-hybridized carbons (Fsp3) is 0.714. The lowest BCUT2D eigenvalue weighted by atomic mass is 9.45. The number of fused-ring (bicyclic) bond motifs is 4. The Morgan fingerprint density at radius 3 is 2.69 bits per heavy atom. The molecule has 1 spiro atoms. The third kappa shape index (κ3) is 1.42. The van der Waals surface area contributed by atoms with Crippen LogP contribution < -0.4 is 0 Å². The lowest BCUT2D eigenvalue weighted by molar-refractivity contribution is -0.292. The molecule has 5 heteroatoms. The highest BCUT2D eigenvalue weighted by atomic mass is 19.1. The van der Waals surface area contributed by atoms with Crippen LogP contribution in [0.25, 0.3) is 0 Å². The van der Waals surface area contributed by atoms with Gasteiger partial charge in [-0.3, -0.25) is 9.59 Å². The highest BCUT2D eigenvalue weighted by Crippen LogP contribution is 2.73. The van der Waals surface area contributed by atoms with Gasteiger partial charge >= 0.3 is 5.97 Å². The molecule has 0 aromatic rings. The Morgan fingerprint density at radius 2 is 2.00 bits per heavy atom. The summed E-state index contributed by atoms with van der Waals surface area (Å²) in [5.74, 6) is -0.689. The molecule has 140 valence electrons. The van der Waals surface area contributed by atoms with Crippen LogP contribution in [0.5, 0.6) is 0 Å². The summed E-state index contributed by atoms with van der Waals surface area (Å²) in [6.45, 7) is 5.78. The molecule has 1 heterocycles. The molecule has 3 saturated carbocycles. The molecule has 0 radical (unpaired) electrons. The van der Waals surface area contributed by atoms with Gasteiger partial charge in [0.2, 0.25) is 0 Å². The monoisotopic (exact) mass is 360 g/mol. The van der Waals surface area contributed by atoms with Gasteiger partial charge in [-0.2, -0.15) is 0 Å². The van der Waals surface area contributed by atoms with E-state index < -0.39 is 28.2 Å². The molecule has 26 heavy (non-hydrogen) atoms. The number of carbonyl (C=O) groups is 2. The van der Waals surface area contributed by atoms with Crippen LogP contribution in [0.3, 0.4) is 0 Å². The molecule has 4 nitrogen and oxygen atoms in total. The second-order valence-electron chi connectivity index (χ2n) is 9.47. The number of rotatable bonds is 0. The second kappa shape index (κ2) is 4.49. The molecule has 1 N–H and O–H groups in total. The molecular weight excluding hydrogens is 335 g/mol. The van der Waals surface area contributed by atoms with Crippen LogP contribution in [-0.2, 0) is 14.3 Å². The molecule has 0 aromatic carbocycles. The van der Waals surface area contributed by atoms with E-state index >= 15 is 4.39 Å². The molecule has 5 rings (SSSR count). The van der Waals surface area contributed by atoms with E-state index in [2.05, 4.69) is 0 Å². The molecule has 1 saturated heterocycles. The Hall–Kier alpha value is -1.49. The van der Waals surface area contributed by atoms with Gasteiger partial charge < -0.3 is 9.84 Å². The lowest BCUT2D eigenvalue weighted by Gasteiger charge is -2.65. The summed E-state index contributed by atoms with van der Waals surface area (Å²) in [5, 5.41) is 11.1. The van der Waals surface area contributed by atoms with Crippen molar-refractivity contribution in [1.82, 2.24) is 0 Å². The van der Waals surface area contributed by atoms with Gasteiger partial charge in [-0.25, -0.2) is 4.39 Å². The highest BCUT2D eigenvalue weighted by molar-refractivity contribution is 6.01. The first-order valence-corrected chi connectivity index (χ1v) is 9.66. The van der Waals surface area contributed by atoms with Crippen LogP contribution in [0.15, 0.2) is 23.8 Å². The van der Waals surface area contributed by atoms with Gasteiger partial charge in [0.25, 0.3) is 0 Å². The van der Waals surface area contributed by atoms with Crippen molar-refractivity contribution in [3.05, 3.63) is 23.8 Å². The quantitative estimate of drug-likeness (QED) is 0.675. The first-order valence-electron chi connectivity index (χ1n) is 9.66. The summed E-state index contributed by atoms with van der Waals surface area (Å²) in [6, 6.07) is 0. The van der Waals surface area contributed by atoms with Gasteiger partial charge in [-0.15, -0.1) is 0 Å². The summed E-state index contributed by atoms with van der Waals surface area (Å²) < 4.78 is 22.5. The summed E-state index contributed by atoms with van der Waals surface area (Å²) in [6.07, 6.45) is 5.49. The lowest BCUT2D eigenvalue weighted by Crippen LogP contribution is -2.76. The van der Waals surface area contributed by atoms with E-state index in [1.54, 1.807) is 19.1 Å². The SMILES string of the molecule is C[C@@H]1C[C@H]2[C@@H]3CCC4=CC(=O)C=C[C@]4(C)[C@@]3(F)[C@@H](O)C[C@]23OC(=O)[C@]13C. The number of allylic oxidation sites excluding steroid dienone is 4. The molecule has 5 aliphatic rings. The van der Waals surface area contributed by atoms with Crippen molar-refractivity contribution in [3.8, 4) is 0 Å². The van der Waals surface area contributed by atoms with Gasteiger partial charge in [-0.05, 0) is 51.2 Å². The van der Waals surface area contributed by atoms with Crippen LogP contribution in [0.2, 0.25) is 0 Å². The standard InChI is InChI=1S/C21H25FO4/c1-11-8-15-14-5-4-12-9-13(23)6-7-18(12,2)21(14,22)16(24)10-20(15)19(11,3)17(25)26-20/h6-7,9,11,14-16,24H,4-5,8,10H2,1-3H3/t11-,14+,15+,16+,18+,19+,20+,21+/m1/s1. The Balaban J connectivity index is 1.64. The summed E-state index contributed by atoms with van der Waals surface area (Å²) in [7, 11) is 0. The zero-order valence-electron chi connectivity index (χ0n) is 15.4. The highest BCUT2D eigenvalue weighted by Gasteiger charge is 2.82. The van der Waals surface area contributed by atoms with E-state index in [1.165, 1.54) is 6.08 Å². The molecule has 0 amide bonds. The van der Waals surface area contributed by atoms with Gasteiger partial charge in [0.15, 0.2) is 11.5 Å². The van der Waals surface area contributed by atoms with E-state index in [-0.39, 0.29) is 35.9 Å². The zero-order chi connectivity index (χ0) is 18.7. The Morgan fingerprint density at radius 1 is 1.27 bits per heavy atom. The smallest absolute Gasteiger partial charge is 0.316 e. The van der Waals surface area contributed by atoms with Crippen molar-refractivity contribution in [1.29, 1.82) is 0 Å². The molecule has 0 unspecified atom stereocenters. The van der Waals surface area contributed by atoms with Gasteiger partial charge in [-0.1, -0.05) is 18.6 Å². The van der Waals surface area contributed by atoms with Crippen LogP contribution in [0, 0.1) is 28.6 Å². The third-order valence-electron chi connectivity index (χ3n) is 8.86. The average molecular weight is 360 g/mol. The van der Waals surface area contributed by atoms with Crippen molar-refractivity contribution in [2.45, 2.75) is 63.8 Å². The zero-order valence-corrected chi connectivity index (χ0v) is 15.4. The van der Waals surface area contributed by atoms with E-state index in [4.69, 9.17) is 4.74 Å². The minimum atomic E-state index is -1.85. The van der Waals surface area contributed by atoms with Gasteiger partial charge in [0.05, 0.1) is 6.10 Å². The van der Waals surface area contributed by atoms with Gasteiger partial charge in [0, 0.05) is 23.7 Å². The maximum absolute atomic E-state index is 16.8. The van der Waals surface area contributed by atoms with Crippen molar-refractivity contribution in [3.63, 3.8) is 0 Å². The maximum Gasteiger partial charge on any atom is 0.316 e. The van der Waals surface area contributed by atoms with E-state index in [0.29, 0.717) is 12.8 Å². The van der Waals surface area contributed by atoms with Crippen molar-refractivity contribution < 1.29 is 23.8 Å². The largest absolute Gasteiger partial charge is 0.457 e. The number of ketones is 1. The first kappa shape index (κ1) is 16.7. The fourth-order valence-corrected chi connectivity index (χ4v) is 7.14. The Labute approximate surface area is 152 Å². The number of ether oxygens (including phenoxy) is 1. The topological polar surface area (TPSA) is 63.6 Å². The Kier molecular flexibility index (Phi) is 2.88. The third-order valence-corrected chi connectivity index (χ3v) is 8.86. The first-order chi connectivity index (χ1) is 12.1. The number of hydrogen-bond acceptors (Lipinski definition) is 4. The van der Waals surface area contributed by atoms with Crippen molar-refractivity contribution in [2.24, 2.45) is 28.6 Å². The number of esters is 1. The average Bonchev–Trinajstić information content (AvgIpc) is 2.75. The van der Waals surface area contributed by atoms with E-state index in [0.717, 1.165) is 12.0 Å². The van der Waals surface area contributed by atoms with E-state index in [9.17, 15) is 14.7 Å². The molecule has 0 aromatic heterocycles. The second-order valence-corrected chi connectivity index (χ2v) is 9.47. The molecule has 4 fully saturated rings. The van der Waals surface area contributed by atoms with Crippen LogP contribution >= 0.6 is 0 Å². The van der Waals surface area contributed by atoms with Gasteiger partial charge in [0.1, 0.15) is 11.0 Å². The number of carbonyl (C=O) groups excluding carboxylic acids is 2. The molecule has 8 atom stereocenters. The fourth-order valence-electron chi connectivity index (χ4n) is 7.14. The number of halogens is 1. The van der Waals surface area contributed by atoms with E-state index in [1.807, 2.05) is 13.8 Å². The summed E-state index contributed by atoms with van der Waals surface area (Å²) in [5.41, 5.74) is -3.43. The molecular formula is C21H25FO4. The normalized spacial score (nSPS) is 57.2. The summed E-state index contributed by atoms with van der Waals surface area (Å²) >= 11 is 0. The molecule has 4 aliphatic carbocycles. The van der Waals surface area contributed by atoms with Crippen molar-refractivity contribution in [2.75, 3.05) is 0 Å². The van der Waals surface area contributed by atoms with Crippen LogP contribution in [0.4, 0.5) is 4.39 Å². The van der Waals surface area contributed by atoms with Crippen molar-refractivity contribution >= 4 is 11.8 Å². The predicted molar refractivity (Wildman–Crippen MR) is 91.7 cm³/mol. The predicted octanol–water partition coefficient (Wildman–Crippen LogP) is 2.90. The molecule has 1 aliphatic heterocycles. The minimum absolute atomic E-state index is 0.0852. The maximum atomic E-state index is 16.8. The molecule has 0 bridgehead atoms. The Bertz CT molecular complexity index is 802. The van der Waals surface area contributed by atoms with Crippen LogP contribution in [0.1, 0.15) is 46.5 Å². The number of aliphatic hydroxyl groups is 1. The number of hydrogen-bond donors (Lipinski definition) is 1.